The Morgan fingerprint density at radius 1 is 1.23 bits per heavy atom. The molecule has 0 saturated carbocycles. The first-order valence-corrected chi connectivity index (χ1v) is 7.54. The standard InChI is InChI=1S/C15H18N2O4S/c1-16(2)9-17-14(18)13(22-15(17)19)8-10-7-11(20-3)5-6-12(10)21-4/h5-8H,9H2,1-4H3/p+1/b13-8+. The summed E-state index contributed by atoms with van der Waals surface area (Å²) in [7, 11) is 6.90. The molecule has 118 valence electrons. The van der Waals surface area contributed by atoms with E-state index < -0.39 is 0 Å². The summed E-state index contributed by atoms with van der Waals surface area (Å²) in [5, 5.41) is -0.251. The molecule has 0 atom stereocenters. The van der Waals surface area contributed by atoms with Crippen molar-refractivity contribution in [2.24, 2.45) is 0 Å². The van der Waals surface area contributed by atoms with Crippen LogP contribution >= 0.6 is 11.8 Å². The summed E-state index contributed by atoms with van der Waals surface area (Å²) >= 11 is 0.940. The van der Waals surface area contributed by atoms with Crippen molar-refractivity contribution < 1.29 is 24.0 Å². The van der Waals surface area contributed by atoms with Crippen LogP contribution in [0, 0.1) is 0 Å². The van der Waals surface area contributed by atoms with E-state index in [2.05, 4.69) is 0 Å². The second-order valence-electron chi connectivity index (χ2n) is 5.08. The second-order valence-corrected chi connectivity index (χ2v) is 6.08. The zero-order valence-corrected chi connectivity index (χ0v) is 13.8. The summed E-state index contributed by atoms with van der Waals surface area (Å²) in [6.45, 7) is 0.344. The Morgan fingerprint density at radius 2 is 1.95 bits per heavy atom. The van der Waals surface area contributed by atoms with E-state index in [4.69, 9.17) is 9.47 Å². The highest BCUT2D eigenvalue weighted by Gasteiger charge is 2.36. The van der Waals surface area contributed by atoms with Gasteiger partial charge in [-0.2, -0.15) is 0 Å². The van der Waals surface area contributed by atoms with E-state index in [1.165, 1.54) is 4.90 Å². The van der Waals surface area contributed by atoms with Crippen LogP contribution in [0.4, 0.5) is 4.79 Å². The normalized spacial score (nSPS) is 16.8. The Kier molecular flexibility index (Phi) is 5.10. The highest BCUT2D eigenvalue weighted by atomic mass is 32.2. The molecule has 0 bridgehead atoms. The van der Waals surface area contributed by atoms with Gasteiger partial charge in [-0.25, -0.2) is 4.90 Å². The number of carbonyl (C=O) groups excluding carboxylic acids is 2. The van der Waals surface area contributed by atoms with Gasteiger partial charge in [0.1, 0.15) is 11.5 Å². The van der Waals surface area contributed by atoms with Gasteiger partial charge in [-0.3, -0.25) is 9.59 Å². The van der Waals surface area contributed by atoms with Gasteiger partial charge >= 0.3 is 0 Å². The van der Waals surface area contributed by atoms with Crippen LogP contribution in [0.15, 0.2) is 23.1 Å². The molecule has 7 heteroatoms. The Bertz CT molecular complexity index is 628. The van der Waals surface area contributed by atoms with Crippen LogP contribution in [-0.4, -0.2) is 51.0 Å². The van der Waals surface area contributed by atoms with E-state index in [0.29, 0.717) is 28.6 Å². The fourth-order valence-electron chi connectivity index (χ4n) is 2.05. The number of rotatable bonds is 5. The summed E-state index contributed by atoms with van der Waals surface area (Å²) in [6.07, 6.45) is 1.66. The molecule has 0 spiro atoms. The average Bonchev–Trinajstić information content (AvgIpc) is 2.74. The summed E-state index contributed by atoms with van der Waals surface area (Å²) < 4.78 is 10.5. The van der Waals surface area contributed by atoms with Gasteiger partial charge in [0, 0.05) is 5.56 Å². The van der Waals surface area contributed by atoms with Crippen molar-refractivity contribution in [1.29, 1.82) is 0 Å². The van der Waals surface area contributed by atoms with Crippen molar-refractivity contribution in [3.63, 3.8) is 0 Å². The first-order chi connectivity index (χ1) is 10.5. The number of quaternary nitrogens is 1. The molecule has 2 amide bonds. The van der Waals surface area contributed by atoms with Crippen LogP contribution in [0.2, 0.25) is 0 Å². The zero-order chi connectivity index (χ0) is 16.3. The summed E-state index contributed by atoms with van der Waals surface area (Å²) in [6, 6.07) is 5.31. The first-order valence-electron chi connectivity index (χ1n) is 6.72. The van der Waals surface area contributed by atoms with E-state index in [0.717, 1.165) is 16.7 Å². The summed E-state index contributed by atoms with van der Waals surface area (Å²) in [5.74, 6) is 0.996. The topological polar surface area (TPSA) is 60.3 Å². The van der Waals surface area contributed by atoms with Gasteiger partial charge in [0.15, 0.2) is 6.67 Å². The number of imide groups is 1. The van der Waals surface area contributed by atoms with Crippen LogP contribution in [0.25, 0.3) is 6.08 Å². The van der Waals surface area contributed by atoms with E-state index >= 15 is 0 Å². The van der Waals surface area contributed by atoms with E-state index in [1.807, 2.05) is 14.1 Å². The molecule has 0 aliphatic carbocycles. The second kappa shape index (κ2) is 6.85. The number of benzene rings is 1. The van der Waals surface area contributed by atoms with Crippen LogP contribution in [0.1, 0.15) is 5.56 Å². The first kappa shape index (κ1) is 16.4. The Balaban J connectivity index is 2.34. The van der Waals surface area contributed by atoms with Gasteiger partial charge in [0.25, 0.3) is 11.1 Å². The third-order valence-corrected chi connectivity index (χ3v) is 3.98. The van der Waals surface area contributed by atoms with Gasteiger partial charge < -0.3 is 14.4 Å². The fraction of sp³-hybridized carbons (Fsp3) is 0.333. The minimum Gasteiger partial charge on any atom is -0.497 e. The van der Waals surface area contributed by atoms with Gasteiger partial charge in [-0.1, -0.05) is 0 Å². The Hall–Kier alpha value is -1.99. The molecule has 1 aliphatic rings. The molecule has 22 heavy (non-hydrogen) atoms. The number of hydrogen-bond donors (Lipinski definition) is 1. The minimum absolute atomic E-state index is 0.251. The monoisotopic (exact) mass is 323 g/mol. The lowest BCUT2D eigenvalue weighted by Crippen LogP contribution is -3.07. The fourth-order valence-corrected chi connectivity index (χ4v) is 2.88. The average molecular weight is 323 g/mol. The van der Waals surface area contributed by atoms with Crippen molar-refractivity contribution in [2.45, 2.75) is 0 Å². The number of methoxy groups -OCH3 is 2. The SMILES string of the molecule is COc1ccc(OC)c(/C=C2/SC(=O)N(C[NH+](C)C)C2=O)c1. The molecule has 1 fully saturated rings. The summed E-state index contributed by atoms with van der Waals surface area (Å²) in [5.41, 5.74) is 0.699. The molecule has 0 aromatic heterocycles. The molecule has 1 aromatic carbocycles. The molecule has 1 aromatic rings. The van der Waals surface area contributed by atoms with Gasteiger partial charge in [0.2, 0.25) is 0 Å². The largest absolute Gasteiger partial charge is 0.497 e. The molecule has 1 saturated heterocycles. The highest BCUT2D eigenvalue weighted by Crippen LogP contribution is 2.34. The quantitative estimate of drug-likeness (QED) is 0.814. The lowest BCUT2D eigenvalue weighted by Gasteiger charge is -2.14. The van der Waals surface area contributed by atoms with Crippen molar-refractivity contribution in [3.05, 3.63) is 28.7 Å². The highest BCUT2D eigenvalue weighted by molar-refractivity contribution is 8.18. The molecule has 1 N–H and O–H groups in total. The maximum absolute atomic E-state index is 12.3. The zero-order valence-electron chi connectivity index (χ0n) is 13.0. The predicted molar refractivity (Wildman–Crippen MR) is 85.0 cm³/mol. The van der Waals surface area contributed by atoms with Gasteiger partial charge in [-0.15, -0.1) is 0 Å². The molecule has 6 nitrogen and oxygen atoms in total. The number of carbonyl (C=O) groups is 2. The smallest absolute Gasteiger partial charge is 0.298 e. The molecule has 2 rings (SSSR count). The predicted octanol–water partition coefficient (Wildman–Crippen LogP) is 0.842. The molecular formula is C15H19N2O4S+. The molecule has 1 aliphatic heterocycles. The van der Waals surface area contributed by atoms with Gasteiger partial charge in [-0.05, 0) is 36.0 Å². The number of ether oxygens (including phenoxy) is 2. The minimum atomic E-state index is -0.277. The lowest BCUT2D eigenvalue weighted by atomic mass is 10.1. The number of amides is 2. The molecule has 1 heterocycles. The third kappa shape index (κ3) is 3.42. The molecule has 0 radical (unpaired) electrons. The molecular weight excluding hydrogens is 304 g/mol. The Labute approximate surface area is 133 Å². The maximum Gasteiger partial charge on any atom is 0.298 e. The Morgan fingerprint density at radius 3 is 2.55 bits per heavy atom. The van der Waals surface area contributed by atoms with Crippen LogP contribution in [0.5, 0.6) is 11.5 Å². The number of hydrogen-bond acceptors (Lipinski definition) is 5. The number of nitrogens with zero attached hydrogens (tertiary/aromatic N) is 1. The van der Waals surface area contributed by atoms with Crippen LogP contribution in [0.3, 0.4) is 0 Å². The van der Waals surface area contributed by atoms with Crippen molar-refractivity contribution in [3.8, 4) is 11.5 Å². The van der Waals surface area contributed by atoms with E-state index in [1.54, 1.807) is 38.5 Å². The van der Waals surface area contributed by atoms with E-state index in [9.17, 15) is 9.59 Å². The maximum atomic E-state index is 12.3. The summed E-state index contributed by atoms with van der Waals surface area (Å²) in [4.78, 5) is 26.9. The molecule has 0 unspecified atom stereocenters. The number of thioether (sulfide) groups is 1. The van der Waals surface area contributed by atoms with Crippen LogP contribution < -0.4 is 14.4 Å². The van der Waals surface area contributed by atoms with Crippen molar-refractivity contribution >= 4 is 29.0 Å². The number of nitrogens with one attached hydrogen (secondary N) is 1. The van der Waals surface area contributed by atoms with Crippen molar-refractivity contribution in [2.75, 3.05) is 35.0 Å². The lowest BCUT2D eigenvalue weighted by molar-refractivity contribution is -0.866. The third-order valence-electron chi connectivity index (χ3n) is 3.07. The van der Waals surface area contributed by atoms with Crippen LogP contribution in [-0.2, 0) is 4.79 Å². The van der Waals surface area contributed by atoms with E-state index in [-0.39, 0.29) is 11.1 Å². The van der Waals surface area contributed by atoms with Gasteiger partial charge in [0.05, 0.1) is 33.2 Å². The van der Waals surface area contributed by atoms with Crippen molar-refractivity contribution in [1.82, 2.24) is 4.90 Å².